The van der Waals surface area contributed by atoms with Crippen LogP contribution in [-0.2, 0) is 0 Å². The van der Waals surface area contributed by atoms with Crippen LogP contribution in [0.1, 0.15) is 0 Å². The Hall–Kier alpha value is -7.96. The number of rotatable bonds is 6. The van der Waals surface area contributed by atoms with Crippen LogP contribution in [0, 0.1) is 0 Å². The maximum atomic E-state index is 2.45. The quantitative estimate of drug-likeness (QED) is 0.162. The van der Waals surface area contributed by atoms with Crippen molar-refractivity contribution in [1.29, 1.82) is 0 Å². The average Bonchev–Trinajstić information content (AvgIpc) is 4.12. The Morgan fingerprint density at radius 3 is 1.57 bits per heavy atom. The minimum absolute atomic E-state index is 1.10. The van der Waals surface area contributed by atoms with Gasteiger partial charge in [-0.1, -0.05) is 121 Å². The largest absolute Gasteiger partial charge is 0.310 e. The molecule has 10 aromatic carbocycles. The molecule has 304 valence electrons. The van der Waals surface area contributed by atoms with Crippen molar-refractivity contribution in [2.45, 2.75) is 0 Å². The number of fused-ring (bicyclic) bond motifs is 13. The van der Waals surface area contributed by atoms with Gasteiger partial charge in [0.05, 0.1) is 22.1 Å². The highest BCUT2D eigenvalue weighted by Crippen LogP contribution is 2.46. The summed E-state index contributed by atoms with van der Waals surface area (Å²) in [5.41, 5.74) is 12.8. The predicted molar refractivity (Wildman–Crippen MR) is 281 cm³/mol. The van der Waals surface area contributed by atoms with E-state index in [1.165, 1.54) is 95.1 Å². The van der Waals surface area contributed by atoms with E-state index in [-0.39, 0.29) is 0 Å². The summed E-state index contributed by atoms with van der Waals surface area (Å²) in [4.78, 5) is 2.43. The number of benzene rings is 10. The van der Waals surface area contributed by atoms with Gasteiger partial charge in [0.15, 0.2) is 0 Å². The van der Waals surface area contributed by atoms with Gasteiger partial charge in [-0.3, -0.25) is 0 Å². The third-order valence-corrected chi connectivity index (χ3v) is 15.7. The molecular formula is C60H37N3S2. The predicted octanol–water partition coefficient (Wildman–Crippen LogP) is 17.8. The van der Waals surface area contributed by atoms with E-state index < -0.39 is 0 Å². The standard InChI is InChI=1S/C60H37N3S2/c1-3-13-40(14-4-1)62-52-20-10-7-17-45(52)50-36-43(28-32-53(50)62)61(44-29-34-58-51(37-44)47-19-9-11-21-56(47)64-58)42-26-23-38(24-27-42)39-25-30-49-55(35-39)63(41-15-5-2-6-16-41)54-33-31-48-46-18-8-12-22-57(46)65-60(48)59(49)54/h1-37H. The van der Waals surface area contributed by atoms with Gasteiger partial charge in [-0.25, -0.2) is 0 Å². The van der Waals surface area contributed by atoms with Crippen molar-refractivity contribution >= 4 is 124 Å². The highest BCUT2D eigenvalue weighted by atomic mass is 32.1. The zero-order valence-corrected chi connectivity index (χ0v) is 36.7. The van der Waals surface area contributed by atoms with Crippen molar-refractivity contribution < 1.29 is 0 Å². The van der Waals surface area contributed by atoms with Crippen LogP contribution in [0.25, 0.3) is 106 Å². The van der Waals surface area contributed by atoms with E-state index in [1.807, 2.05) is 22.7 Å². The van der Waals surface area contributed by atoms with E-state index in [1.54, 1.807) is 0 Å². The van der Waals surface area contributed by atoms with Crippen LogP contribution >= 0.6 is 22.7 Å². The fraction of sp³-hybridized carbons (Fsp3) is 0. The average molecular weight is 864 g/mol. The molecule has 4 aromatic heterocycles. The Balaban J connectivity index is 0.941. The molecule has 0 aliphatic heterocycles. The molecular weight excluding hydrogens is 827 g/mol. The van der Waals surface area contributed by atoms with E-state index in [2.05, 4.69) is 238 Å². The van der Waals surface area contributed by atoms with Gasteiger partial charge in [0.25, 0.3) is 0 Å². The normalized spacial score (nSPS) is 12.0. The maximum absolute atomic E-state index is 2.45. The molecule has 0 aliphatic rings. The Labute approximate surface area is 382 Å². The Morgan fingerprint density at radius 2 is 0.815 bits per heavy atom. The summed E-state index contributed by atoms with van der Waals surface area (Å²) in [5, 5.41) is 10.3. The van der Waals surface area contributed by atoms with Crippen molar-refractivity contribution in [3.8, 4) is 22.5 Å². The maximum Gasteiger partial charge on any atom is 0.0555 e. The minimum Gasteiger partial charge on any atom is -0.310 e. The van der Waals surface area contributed by atoms with Gasteiger partial charge in [0.1, 0.15) is 0 Å². The number of anilines is 3. The van der Waals surface area contributed by atoms with Crippen LogP contribution in [0.4, 0.5) is 17.1 Å². The van der Waals surface area contributed by atoms with Crippen LogP contribution in [-0.4, -0.2) is 9.13 Å². The molecule has 4 heterocycles. The zero-order valence-electron chi connectivity index (χ0n) is 35.0. The van der Waals surface area contributed by atoms with Crippen molar-refractivity contribution in [3.63, 3.8) is 0 Å². The fourth-order valence-electron chi connectivity index (χ4n) is 10.4. The Bertz CT molecular complexity index is 4170. The van der Waals surface area contributed by atoms with E-state index in [0.29, 0.717) is 0 Å². The second kappa shape index (κ2) is 14.3. The minimum atomic E-state index is 1.10. The lowest BCUT2D eigenvalue weighted by molar-refractivity contribution is 1.18. The molecule has 14 aromatic rings. The molecule has 0 spiro atoms. The van der Waals surface area contributed by atoms with Crippen LogP contribution in [0.3, 0.4) is 0 Å². The topological polar surface area (TPSA) is 13.1 Å². The summed E-state index contributed by atoms with van der Waals surface area (Å²) in [6, 6.07) is 82.6. The lowest BCUT2D eigenvalue weighted by Gasteiger charge is -2.26. The second-order valence-corrected chi connectivity index (χ2v) is 19.0. The molecule has 14 rings (SSSR count). The van der Waals surface area contributed by atoms with Crippen LogP contribution in [0.15, 0.2) is 224 Å². The molecule has 0 aliphatic carbocycles. The van der Waals surface area contributed by atoms with Gasteiger partial charge < -0.3 is 14.0 Å². The summed E-state index contributed by atoms with van der Waals surface area (Å²) in [6.07, 6.45) is 0. The highest BCUT2D eigenvalue weighted by Gasteiger charge is 2.21. The molecule has 0 radical (unpaired) electrons. The third kappa shape index (κ3) is 5.59. The van der Waals surface area contributed by atoms with Gasteiger partial charge in [0.2, 0.25) is 0 Å². The first kappa shape index (κ1) is 36.5. The molecule has 0 bridgehead atoms. The summed E-state index contributed by atoms with van der Waals surface area (Å²) < 4.78 is 10.1. The Morgan fingerprint density at radius 1 is 0.292 bits per heavy atom. The lowest BCUT2D eigenvalue weighted by atomic mass is 10.0. The van der Waals surface area contributed by atoms with E-state index in [9.17, 15) is 0 Å². The highest BCUT2D eigenvalue weighted by molar-refractivity contribution is 7.27. The zero-order chi connectivity index (χ0) is 42.6. The fourth-order valence-corrected chi connectivity index (χ4v) is 12.7. The van der Waals surface area contributed by atoms with Gasteiger partial charge in [0, 0.05) is 90.3 Å². The van der Waals surface area contributed by atoms with Crippen LogP contribution < -0.4 is 4.90 Å². The Kier molecular flexibility index (Phi) is 8.02. The molecule has 0 atom stereocenters. The first-order chi connectivity index (χ1) is 32.2. The van der Waals surface area contributed by atoms with Gasteiger partial charge in [-0.15, -0.1) is 22.7 Å². The number of nitrogens with zero attached hydrogens (tertiary/aromatic N) is 3. The second-order valence-electron chi connectivity index (χ2n) is 16.9. The molecule has 0 N–H and O–H groups in total. The first-order valence-electron chi connectivity index (χ1n) is 22.1. The number of aromatic nitrogens is 2. The molecule has 0 unspecified atom stereocenters. The summed E-state index contributed by atoms with van der Waals surface area (Å²) >= 11 is 3.76. The van der Waals surface area contributed by atoms with Gasteiger partial charge in [-0.05, 0) is 114 Å². The summed E-state index contributed by atoms with van der Waals surface area (Å²) in [7, 11) is 0. The van der Waals surface area contributed by atoms with Crippen LogP contribution in [0.5, 0.6) is 0 Å². The van der Waals surface area contributed by atoms with E-state index in [4.69, 9.17) is 0 Å². The summed E-state index contributed by atoms with van der Waals surface area (Å²) in [5.74, 6) is 0. The van der Waals surface area contributed by atoms with E-state index in [0.717, 1.165) is 28.4 Å². The van der Waals surface area contributed by atoms with Crippen molar-refractivity contribution in [2.24, 2.45) is 0 Å². The number of thiophene rings is 2. The van der Waals surface area contributed by atoms with Crippen LogP contribution in [0.2, 0.25) is 0 Å². The number of para-hydroxylation sites is 3. The first-order valence-corrected chi connectivity index (χ1v) is 23.7. The van der Waals surface area contributed by atoms with Crippen molar-refractivity contribution in [1.82, 2.24) is 9.13 Å². The molecule has 0 saturated carbocycles. The number of hydrogen-bond donors (Lipinski definition) is 0. The molecule has 0 amide bonds. The van der Waals surface area contributed by atoms with Crippen molar-refractivity contribution in [3.05, 3.63) is 224 Å². The molecule has 0 saturated heterocycles. The third-order valence-electron chi connectivity index (χ3n) is 13.3. The smallest absolute Gasteiger partial charge is 0.0555 e. The lowest BCUT2D eigenvalue weighted by Crippen LogP contribution is -2.09. The molecule has 5 heteroatoms. The SMILES string of the molecule is c1ccc(-n2c3ccccc3c3cc(N(c4ccc(-c5ccc6c7c8sc9ccccc9c8ccc7n(-c7ccccc7)c6c5)cc4)c4ccc5sc6ccccc6c5c4)ccc32)cc1. The monoisotopic (exact) mass is 863 g/mol. The van der Waals surface area contributed by atoms with Crippen molar-refractivity contribution in [2.75, 3.05) is 4.90 Å². The summed E-state index contributed by atoms with van der Waals surface area (Å²) in [6.45, 7) is 0. The molecule has 0 fully saturated rings. The molecule has 3 nitrogen and oxygen atoms in total. The van der Waals surface area contributed by atoms with Gasteiger partial charge in [-0.2, -0.15) is 0 Å². The number of hydrogen-bond acceptors (Lipinski definition) is 3. The van der Waals surface area contributed by atoms with Gasteiger partial charge >= 0.3 is 0 Å². The van der Waals surface area contributed by atoms with E-state index >= 15 is 0 Å². The molecule has 65 heavy (non-hydrogen) atoms.